The molecule has 3 aromatic carbocycles. The van der Waals surface area contributed by atoms with Crippen LogP contribution in [0.3, 0.4) is 0 Å². The lowest BCUT2D eigenvalue weighted by atomic mass is 9.99. The van der Waals surface area contributed by atoms with E-state index in [0.717, 1.165) is 58.0 Å². The van der Waals surface area contributed by atoms with Gasteiger partial charge in [-0.15, -0.1) is 0 Å². The van der Waals surface area contributed by atoms with Crippen LogP contribution in [-0.4, -0.2) is 33.9 Å². The van der Waals surface area contributed by atoms with Gasteiger partial charge < -0.3 is 15.8 Å². The van der Waals surface area contributed by atoms with E-state index >= 15 is 0 Å². The predicted octanol–water partition coefficient (Wildman–Crippen LogP) is 7.24. The number of para-hydroxylation sites is 1. The molecule has 0 saturated heterocycles. The minimum absolute atomic E-state index is 0.386. The molecule has 40 heavy (non-hydrogen) atoms. The molecule has 1 aliphatic heterocycles. The summed E-state index contributed by atoms with van der Waals surface area (Å²) in [6.45, 7) is 9.22. The van der Waals surface area contributed by atoms with Gasteiger partial charge in [0.25, 0.3) is 0 Å². The van der Waals surface area contributed by atoms with Crippen molar-refractivity contribution in [1.82, 2.24) is 14.7 Å². The summed E-state index contributed by atoms with van der Waals surface area (Å²) in [5, 5.41) is 9.10. The molecule has 0 radical (unpaired) electrons. The highest BCUT2D eigenvalue weighted by Crippen LogP contribution is 2.38. The first-order valence-corrected chi connectivity index (χ1v) is 14.1. The number of rotatable bonds is 8. The highest BCUT2D eigenvalue weighted by atomic mass is 35.5. The summed E-state index contributed by atoms with van der Waals surface area (Å²) < 4.78 is 8.32. The summed E-state index contributed by atoms with van der Waals surface area (Å²) in [4.78, 5) is 13.8. The van der Waals surface area contributed by atoms with Gasteiger partial charge in [-0.2, -0.15) is 5.10 Å². The second kappa shape index (κ2) is 11.9. The molecule has 5 rings (SSSR count). The standard InChI is InChI=1S/C31H33Cl2N5O2/c1-19(2)18-40-28-6-4-5-20(3)29(28)38-30(21-8-11-24(12-9-21)35-31(34)39)25-17-37(14-13-27(25)36-38)16-22-7-10-23(32)15-26(22)33/h4-12,15,19H,13-14,16-18H2,1-3H3,(H3,34,35,39). The molecule has 0 bridgehead atoms. The number of fused-ring (bicyclic) bond motifs is 1. The second-order valence-corrected chi connectivity index (χ2v) is 11.4. The lowest BCUT2D eigenvalue weighted by Crippen LogP contribution is -2.30. The number of nitrogens with zero attached hydrogens (tertiary/aromatic N) is 3. The van der Waals surface area contributed by atoms with Gasteiger partial charge in [0.15, 0.2) is 0 Å². The van der Waals surface area contributed by atoms with E-state index in [1.807, 2.05) is 53.2 Å². The van der Waals surface area contributed by atoms with Crippen LogP contribution in [0.25, 0.3) is 16.9 Å². The maximum absolute atomic E-state index is 11.4. The van der Waals surface area contributed by atoms with E-state index in [0.29, 0.717) is 41.3 Å². The molecule has 2 amide bonds. The Bertz CT molecular complexity index is 1530. The van der Waals surface area contributed by atoms with Crippen LogP contribution in [0, 0.1) is 12.8 Å². The first-order chi connectivity index (χ1) is 19.2. The van der Waals surface area contributed by atoms with Crippen LogP contribution in [0.1, 0.15) is 36.2 Å². The van der Waals surface area contributed by atoms with Crippen LogP contribution in [0.5, 0.6) is 5.75 Å². The van der Waals surface area contributed by atoms with Gasteiger partial charge in [-0.25, -0.2) is 9.48 Å². The monoisotopic (exact) mass is 577 g/mol. The van der Waals surface area contributed by atoms with E-state index < -0.39 is 6.03 Å². The van der Waals surface area contributed by atoms with E-state index in [2.05, 4.69) is 37.1 Å². The fourth-order valence-corrected chi connectivity index (χ4v) is 5.51. The zero-order valence-corrected chi connectivity index (χ0v) is 24.4. The molecule has 7 nitrogen and oxygen atoms in total. The maximum atomic E-state index is 11.4. The summed E-state index contributed by atoms with van der Waals surface area (Å²) in [6, 6.07) is 18.8. The average molecular weight is 579 g/mol. The van der Waals surface area contributed by atoms with Crippen LogP contribution < -0.4 is 15.8 Å². The lowest BCUT2D eigenvalue weighted by Gasteiger charge is -2.27. The van der Waals surface area contributed by atoms with Crippen molar-refractivity contribution in [3.05, 3.63) is 93.1 Å². The van der Waals surface area contributed by atoms with Gasteiger partial charge in [-0.1, -0.05) is 67.4 Å². The van der Waals surface area contributed by atoms with Crippen molar-refractivity contribution in [3.63, 3.8) is 0 Å². The molecular formula is C31H33Cl2N5O2. The zero-order chi connectivity index (χ0) is 28.4. The van der Waals surface area contributed by atoms with Crippen LogP contribution in [0.15, 0.2) is 60.7 Å². The number of amides is 2. The molecule has 208 valence electrons. The van der Waals surface area contributed by atoms with Crippen molar-refractivity contribution in [1.29, 1.82) is 0 Å². The molecule has 0 saturated carbocycles. The number of carbonyl (C=O) groups excluding carboxylic acids is 1. The smallest absolute Gasteiger partial charge is 0.316 e. The average Bonchev–Trinajstić information content (AvgIpc) is 3.27. The molecule has 1 aliphatic rings. The number of ether oxygens (including phenoxy) is 1. The molecular weight excluding hydrogens is 545 g/mol. The summed E-state index contributed by atoms with van der Waals surface area (Å²) in [5.74, 6) is 1.18. The largest absolute Gasteiger partial charge is 0.491 e. The molecule has 2 heterocycles. The van der Waals surface area contributed by atoms with E-state index in [9.17, 15) is 4.79 Å². The fourth-order valence-electron chi connectivity index (χ4n) is 5.04. The third-order valence-electron chi connectivity index (χ3n) is 6.93. The van der Waals surface area contributed by atoms with Crippen LogP contribution in [0.2, 0.25) is 10.0 Å². The van der Waals surface area contributed by atoms with Crippen molar-refractivity contribution in [2.24, 2.45) is 11.7 Å². The second-order valence-electron chi connectivity index (χ2n) is 10.6. The summed E-state index contributed by atoms with van der Waals surface area (Å²) in [6.07, 6.45) is 0.802. The third kappa shape index (κ3) is 6.12. The highest BCUT2D eigenvalue weighted by Gasteiger charge is 2.28. The van der Waals surface area contributed by atoms with Crippen LogP contribution in [-0.2, 0) is 19.5 Å². The third-order valence-corrected chi connectivity index (χ3v) is 7.52. The summed E-state index contributed by atoms with van der Waals surface area (Å²) in [7, 11) is 0. The maximum Gasteiger partial charge on any atom is 0.316 e. The SMILES string of the molecule is Cc1cccc(OCC(C)C)c1-n1nc2c(c1-c1ccc(NC(N)=O)cc1)CN(Cc1ccc(Cl)cc1Cl)CC2. The topological polar surface area (TPSA) is 85.4 Å². The van der Waals surface area contributed by atoms with Gasteiger partial charge in [0.05, 0.1) is 18.0 Å². The number of aryl methyl sites for hydroxylation is 1. The minimum Gasteiger partial charge on any atom is -0.491 e. The number of primary amides is 1. The molecule has 4 aromatic rings. The Morgan fingerprint density at radius 3 is 2.60 bits per heavy atom. The zero-order valence-electron chi connectivity index (χ0n) is 22.9. The highest BCUT2D eigenvalue weighted by molar-refractivity contribution is 6.35. The number of aromatic nitrogens is 2. The summed E-state index contributed by atoms with van der Waals surface area (Å²) >= 11 is 12.6. The Balaban J connectivity index is 1.59. The van der Waals surface area contributed by atoms with Crippen molar-refractivity contribution in [2.75, 3.05) is 18.5 Å². The van der Waals surface area contributed by atoms with Gasteiger partial charge in [0.1, 0.15) is 11.4 Å². The molecule has 1 aromatic heterocycles. The van der Waals surface area contributed by atoms with Gasteiger partial charge in [-0.05, 0) is 54.3 Å². The number of halogens is 2. The van der Waals surface area contributed by atoms with Gasteiger partial charge >= 0.3 is 6.03 Å². The molecule has 0 aliphatic carbocycles. The van der Waals surface area contributed by atoms with E-state index in [4.69, 9.17) is 38.8 Å². The number of anilines is 1. The molecule has 0 atom stereocenters. The van der Waals surface area contributed by atoms with Gasteiger partial charge in [0.2, 0.25) is 0 Å². The first kappa shape index (κ1) is 28.0. The van der Waals surface area contributed by atoms with Crippen molar-refractivity contribution in [2.45, 2.75) is 40.3 Å². The molecule has 0 unspecified atom stereocenters. The number of benzene rings is 3. The fraction of sp³-hybridized carbons (Fsp3) is 0.290. The van der Waals surface area contributed by atoms with Crippen LogP contribution in [0.4, 0.5) is 10.5 Å². The Kier molecular flexibility index (Phi) is 8.35. The van der Waals surface area contributed by atoms with Crippen LogP contribution >= 0.6 is 23.2 Å². The number of hydrogen-bond donors (Lipinski definition) is 2. The Labute approximate surface area is 244 Å². The first-order valence-electron chi connectivity index (χ1n) is 13.4. The number of nitrogens with one attached hydrogen (secondary N) is 1. The van der Waals surface area contributed by atoms with Crippen molar-refractivity contribution in [3.8, 4) is 22.7 Å². The molecule has 3 N–H and O–H groups in total. The normalized spacial score (nSPS) is 13.3. The number of carbonyl (C=O) groups is 1. The molecule has 0 fully saturated rings. The van der Waals surface area contributed by atoms with Gasteiger partial charge in [-0.3, -0.25) is 4.90 Å². The molecule has 9 heteroatoms. The number of hydrogen-bond acceptors (Lipinski definition) is 4. The van der Waals surface area contributed by atoms with Crippen molar-refractivity contribution >= 4 is 34.9 Å². The molecule has 0 spiro atoms. The number of nitrogens with two attached hydrogens (primary N) is 1. The Hall–Kier alpha value is -3.52. The summed E-state index contributed by atoms with van der Waals surface area (Å²) in [5.41, 5.74) is 13.2. The van der Waals surface area contributed by atoms with Gasteiger partial charge in [0, 0.05) is 52.9 Å². The quantitative estimate of drug-likeness (QED) is 0.231. The van der Waals surface area contributed by atoms with E-state index in [1.54, 1.807) is 6.07 Å². The van der Waals surface area contributed by atoms with E-state index in [1.165, 1.54) is 0 Å². The lowest BCUT2D eigenvalue weighted by molar-refractivity contribution is 0.245. The Morgan fingerprint density at radius 1 is 1.12 bits per heavy atom. The Morgan fingerprint density at radius 2 is 1.90 bits per heavy atom. The predicted molar refractivity (Wildman–Crippen MR) is 162 cm³/mol. The number of urea groups is 1. The van der Waals surface area contributed by atoms with Crippen molar-refractivity contribution < 1.29 is 9.53 Å². The minimum atomic E-state index is -0.599. The van der Waals surface area contributed by atoms with E-state index in [-0.39, 0.29) is 0 Å².